The molecular weight excluding hydrogens is 480 g/mol. The lowest BCUT2D eigenvalue weighted by Gasteiger charge is -2.14. The zero-order chi connectivity index (χ0) is 26.9. The number of ether oxygens (including phenoxy) is 1. The monoisotopic (exact) mass is 508 g/mol. The standard InChI is InChI=1S/C31H28N2O5/c32-29(34)19-18-28(31(36)37)33-30(35)24-12-10-21(11-13-24)22-14-16-26(17-15-22)38-20-25-8-4-5-9-27(25)23-6-2-1-3-7-23/h1-17,28H,18-20H2,(H2,32,34)(H,33,35)(H,36,37)/t28-/m0/s1. The number of benzene rings is 4. The third kappa shape index (κ3) is 6.85. The first-order valence-corrected chi connectivity index (χ1v) is 12.2. The molecule has 0 fully saturated rings. The molecule has 7 nitrogen and oxygen atoms in total. The quantitative estimate of drug-likeness (QED) is 0.262. The first kappa shape index (κ1) is 26.2. The molecule has 0 saturated carbocycles. The van der Waals surface area contributed by atoms with Crippen molar-refractivity contribution in [3.8, 4) is 28.0 Å². The summed E-state index contributed by atoms with van der Waals surface area (Å²) in [5.41, 5.74) is 10.6. The zero-order valence-corrected chi connectivity index (χ0v) is 20.7. The van der Waals surface area contributed by atoms with Gasteiger partial charge >= 0.3 is 5.97 Å². The minimum Gasteiger partial charge on any atom is -0.489 e. The molecule has 4 N–H and O–H groups in total. The van der Waals surface area contributed by atoms with Crippen molar-refractivity contribution in [3.05, 3.63) is 114 Å². The van der Waals surface area contributed by atoms with E-state index in [-0.39, 0.29) is 12.8 Å². The summed E-state index contributed by atoms with van der Waals surface area (Å²) in [6, 6.07) is 31.7. The molecule has 38 heavy (non-hydrogen) atoms. The molecule has 4 rings (SSSR count). The van der Waals surface area contributed by atoms with Crippen LogP contribution in [0.1, 0.15) is 28.8 Å². The predicted molar refractivity (Wildman–Crippen MR) is 145 cm³/mol. The SMILES string of the molecule is NC(=O)CC[C@H](NC(=O)c1ccc(-c2ccc(OCc3ccccc3-c3ccccc3)cc2)cc1)C(=O)O. The molecule has 192 valence electrons. The van der Waals surface area contributed by atoms with E-state index < -0.39 is 23.8 Å². The number of rotatable bonds is 11. The average molecular weight is 509 g/mol. The fourth-order valence-corrected chi connectivity index (χ4v) is 4.05. The van der Waals surface area contributed by atoms with Crippen LogP contribution in [-0.2, 0) is 16.2 Å². The van der Waals surface area contributed by atoms with Gasteiger partial charge in [-0.05, 0) is 58.5 Å². The van der Waals surface area contributed by atoms with E-state index in [4.69, 9.17) is 10.5 Å². The zero-order valence-electron chi connectivity index (χ0n) is 20.7. The minimum absolute atomic E-state index is 0.0687. The molecule has 7 heteroatoms. The number of amides is 2. The third-order valence-corrected chi connectivity index (χ3v) is 6.11. The van der Waals surface area contributed by atoms with Gasteiger partial charge in [0, 0.05) is 12.0 Å². The van der Waals surface area contributed by atoms with E-state index in [2.05, 4.69) is 29.6 Å². The van der Waals surface area contributed by atoms with Gasteiger partial charge in [-0.3, -0.25) is 9.59 Å². The van der Waals surface area contributed by atoms with Crippen molar-refractivity contribution < 1.29 is 24.2 Å². The molecule has 0 aromatic heterocycles. The number of hydrogen-bond acceptors (Lipinski definition) is 4. The summed E-state index contributed by atoms with van der Waals surface area (Å²) in [5.74, 6) is -1.64. The number of carboxylic acid groups (broad SMARTS) is 1. The van der Waals surface area contributed by atoms with Crippen molar-refractivity contribution in [1.82, 2.24) is 5.32 Å². The van der Waals surface area contributed by atoms with Crippen LogP contribution in [0.15, 0.2) is 103 Å². The van der Waals surface area contributed by atoms with Crippen LogP contribution in [0.4, 0.5) is 0 Å². The summed E-state index contributed by atoms with van der Waals surface area (Å²) in [4.78, 5) is 34.8. The Hall–Kier alpha value is -4.91. The van der Waals surface area contributed by atoms with Gasteiger partial charge in [0.1, 0.15) is 18.4 Å². The second kappa shape index (κ2) is 12.4. The second-order valence-corrected chi connectivity index (χ2v) is 8.78. The van der Waals surface area contributed by atoms with Crippen molar-refractivity contribution in [2.45, 2.75) is 25.5 Å². The highest BCUT2D eigenvalue weighted by atomic mass is 16.5. The Bertz CT molecular complexity index is 1400. The van der Waals surface area contributed by atoms with Gasteiger partial charge in [0.15, 0.2) is 0 Å². The highest BCUT2D eigenvalue weighted by molar-refractivity contribution is 5.97. The molecule has 0 aliphatic rings. The Morgan fingerprint density at radius 3 is 2.00 bits per heavy atom. The van der Waals surface area contributed by atoms with Crippen LogP contribution in [0, 0.1) is 0 Å². The molecule has 1 atom stereocenters. The summed E-state index contributed by atoms with van der Waals surface area (Å²) in [6.07, 6.45) is -0.198. The molecule has 0 unspecified atom stereocenters. The Labute approximate surface area is 220 Å². The Morgan fingerprint density at radius 2 is 1.37 bits per heavy atom. The first-order valence-electron chi connectivity index (χ1n) is 12.2. The molecule has 0 aliphatic carbocycles. The number of primary amides is 1. The molecule has 4 aromatic carbocycles. The van der Waals surface area contributed by atoms with E-state index in [0.717, 1.165) is 33.6 Å². The highest BCUT2D eigenvalue weighted by Gasteiger charge is 2.21. The molecule has 4 aromatic rings. The second-order valence-electron chi connectivity index (χ2n) is 8.78. The number of carbonyl (C=O) groups is 3. The lowest BCUT2D eigenvalue weighted by Crippen LogP contribution is -2.41. The van der Waals surface area contributed by atoms with Crippen molar-refractivity contribution >= 4 is 17.8 Å². The van der Waals surface area contributed by atoms with Gasteiger partial charge in [0.25, 0.3) is 5.91 Å². The molecule has 0 radical (unpaired) electrons. The lowest BCUT2D eigenvalue weighted by molar-refractivity contribution is -0.139. The van der Waals surface area contributed by atoms with Crippen LogP contribution in [0.5, 0.6) is 5.75 Å². The number of nitrogens with two attached hydrogens (primary N) is 1. The van der Waals surface area contributed by atoms with Crippen molar-refractivity contribution in [2.24, 2.45) is 5.73 Å². The van der Waals surface area contributed by atoms with Crippen LogP contribution in [0.2, 0.25) is 0 Å². The summed E-state index contributed by atoms with van der Waals surface area (Å²) < 4.78 is 6.06. The molecule has 0 aliphatic heterocycles. The minimum atomic E-state index is -1.22. The molecular formula is C31H28N2O5. The summed E-state index contributed by atoms with van der Waals surface area (Å²) >= 11 is 0. The van der Waals surface area contributed by atoms with Crippen LogP contribution >= 0.6 is 0 Å². The number of carboxylic acids is 1. The largest absolute Gasteiger partial charge is 0.489 e. The predicted octanol–water partition coefficient (Wildman–Crippen LogP) is 5.05. The molecule has 0 heterocycles. The Balaban J connectivity index is 1.38. The highest BCUT2D eigenvalue weighted by Crippen LogP contribution is 2.26. The number of nitrogens with one attached hydrogen (secondary N) is 1. The van der Waals surface area contributed by atoms with E-state index in [1.165, 1.54) is 0 Å². The first-order chi connectivity index (χ1) is 18.4. The molecule has 0 saturated heterocycles. The van der Waals surface area contributed by atoms with Gasteiger partial charge in [0.2, 0.25) is 5.91 Å². The smallest absolute Gasteiger partial charge is 0.326 e. The van der Waals surface area contributed by atoms with Crippen molar-refractivity contribution in [1.29, 1.82) is 0 Å². The number of hydrogen-bond donors (Lipinski definition) is 3. The van der Waals surface area contributed by atoms with Gasteiger partial charge < -0.3 is 20.9 Å². The molecule has 0 spiro atoms. The maximum atomic E-state index is 12.5. The van der Waals surface area contributed by atoms with Crippen molar-refractivity contribution in [2.75, 3.05) is 0 Å². The van der Waals surface area contributed by atoms with Crippen LogP contribution in [-0.4, -0.2) is 28.9 Å². The summed E-state index contributed by atoms with van der Waals surface area (Å²) in [7, 11) is 0. The van der Waals surface area contributed by atoms with Gasteiger partial charge in [-0.1, -0.05) is 78.9 Å². The van der Waals surface area contributed by atoms with E-state index in [1.54, 1.807) is 24.3 Å². The Morgan fingerprint density at radius 1 is 0.763 bits per heavy atom. The maximum absolute atomic E-state index is 12.5. The van der Waals surface area contributed by atoms with Gasteiger partial charge in [-0.25, -0.2) is 4.79 Å². The lowest BCUT2D eigenvalue weighted by atomic mass is 10.0. The summed E-state index contributed by atoms with van der Waals surface area (Å²) in [6.45, 7) is 0.436. The average Bonchev–Trinajstić information content (AvgIpc) is 2.95. The van der Waals surface area contributed by atoms with E-state index >= 15 is 0 Å². The van der Waals surface area contributed by atoms with E-state index in [9.17, 15) is 19.5 Å². The molecule has 0 bridgehead atoms. The van der Waals surface area contributed by atoms with Crippen molar-refractivity contribution in [3.63, 3.8) is 0 Å². The van der Waals surface area contributed by atoms with Gasteiger partial charge in [-0.15, -0.1) is 0 Å². The molecule has 2 amide bonds. The van der Waals surface area contributed by atoms with Crippen LogP contribution in [0.25, 0.3) is 22.3 Å². The topological polar surface area (TPSA) is 119 Å². The fourth-order valence-electron chi connectivity index (χ4n) is 4.05. The third-order valence-electron chi connectivity index (χ3n) is 6.11. The fraction of sp³-hybridized carbons (Fsp3) is 0.129. The van der Waals surface area contributed by atoms with Gasteiger partial charge in [-0.2, -0.15) is 0 Å². The number of aliphatic carboxylic acids is 1. The Kier molecular flexibility index (Phi) is 8.51. The summed E-state index contributed by atoms with van der Waals surface area (Å²) in [5, 5.41) is 11.7. The van der Waals surface area contributed by atoms with Crippen LogP contribution in [0.3, 0.4) is 0 Å². The van der Waals surface area contributed by atoms with E-state index in [1.807, 2.05) is 54.6 Å². The normalized spacial score (nSPS) is 11.4. The van der Waals surface area contributed by atoms with Gasteiger partial charge in [0.05, 0.1) is 0 Å². The van der Waals surface area contributed by atoms with Crippen LogP contribution < -0.4 is 15.8 Å². The van der Waals surface area contributed by atoms with E-state index in [0.29, 0.717) is 12.2 Å². The number of carbonyl (C=O) groups excluding carboxylic acids is 2. The maximum Gasteiger partial charge on any atom is 0.326 e.